The monoisotopic (exact) mass is 336 g/mol. The van der Waals surface area contributed by atoms with E-state index in [1.165, 1.54) is 17.3 Å². The van der Waals surface area contributed by atoms with Gasteiger partial charge in [0.15, 0.2) is 0 Å². The third-order valence-electron chi connectivity index (χ3n) is 3.93. The second-order valence-corrected chi connectivity index (χ2v) is 5.77. The van der Waals surface area contributed by atoms with E-state index in [0.29, 0.717) is 0 Å². The van der Waals surface area contributed by atoms with E-state index in [4.69, 9.17) is 4.74 Å². The molecular formula is C19H20N4O2. The van der Waals surface area contributed by atoms with E-state index in [2.05, 4.69) is 15.4 Å². The van der Waals surface area contributed by atoms with Crippen LogP contribution in [-0.2, 0) is 4.79 Å². The molecule has 1 N–H and O–H groups in total. The molecule has 6 nitrogen and oxygen atoms in total. The van der Waals surface area contributed by atoms with Gasteiger partial charge in [-0.05, 0) is 43.7 Å². The summed E-state index contributed by atoms with van der Waals surface area (Å²) in [5.41, 5.74) is 1.000. The molecule has 2 atom stereocenters. The van der Waals surface area contributed by atoms with E-state index in [9.17, 15) is 4.79 Å². The van der Waals surface area contributed by atoms with Crippen LogP contribution in [0.15, 0.2) is 67.3 Å². The molecule has 0 spiro atoms. The van der Waals surface area contributed by atoms with Crippen molar-refractivity contribution in [3.05, 3.63) is 72.8 Å². The van der Waals surface area contributed by atoms with Crippen molar-refractivity contribution in [3.63, 3.8) is 0 Å². The minimum Gasteiger partial charge on any atom is -0.457 e. The number of carbonyl (C=O) groups is 1. The van der Waals surface area contributed by atoms with Crippen molar-refractivity contribution in [2.45, 2.75) is 25.9 Å². The number of carbonyl (C=O) groups excluding carboxylic acids is 1. The third kappa shape index (κ3) is 4.23. The molecule has 0 aliphatic heterocycles. The zero-order valence-corrected chi connectivity index (χ0v) is 14.2. The molecular weight excluding hydrogens is 316 g/mol. The van der Waals surface area contributed by atoms with Gasteiger partial charge in [0.1, 0.15) is 30.2 Å². The number of hydrogen-bond acceptors (Lipinski definition) is 4. The third-order valence-corrected chi connectivity index (χ3v) is 3.93. The molecule has 0 bridgehead atoms. The molecule has 25 heavy (non-hydrogen) atoms. The summed E-state index contributed by atoms with van der Waals surface area (Å²) in [5.74, 6) is 1.44. The second kappa shape index (κ2) is 7.61. The Morgan fingerprint density at radius 3 is 2.36 bits per heavy atom. The van der Waals surface area contributed by atoms with Crippen molar-refractivity contribution in [2.24, 2.45) is 0 Å². The number of aromatic nitrogens is 3. The molecule has 2 aromatic carbocycles. The summed E-state index contributed by atoms with van der Waals surface area (Å²) in [6, 6.07) is 16.8. The van der Waals surface area contributed by atoms with Crippen LogP contribution in [0.5, 0.6) is 11.5 Å². The van der Waals surface area contributed by atoms with Gasteiger partial charge in [-0.15, -0.1) is 0 Å². The predicted molar refractivity (Wildman–Crippen MR) is 94.2 cm³/mol. The first-order valence-corrected chi connectivity index (χ1v) is 8.11. The van der Waals surface area contributed by atoms with Gasteiger partial charge in [-0.25, -0.2) is 9.67 Å². The summed E-state index contributed by atoms with van der Waals surface area (Å²) in [5, 5.41) is 6.98. The lowest BCUT2D eigenvalue weighted by Gasteiger charge is -2.18. The minimum absolute atomic E-state index is 0.109. The molecule has 0 fully saturated rings. The molecule has 0 radical (unpaired) electrons. The van der Waals surface area contributed by atoms with Gasteiger partial charge in [0.2, 0.25) is 5.91 Å². The molecule has 0 saturated heterocycles. The SMILES string of the molecule is C[C@H](NC(=O)[C@@H](C)n1cncn1)c1ccc(Oc2ccccc2)cc1. The van der Waals surface area contributed by atoms with E-state index in [1.54, 1.807) is 6.92 Å². The number of ether oxygens (including phenoxy) is 1. The molecule has 0 aliphatic rings. The smallest absolute Gasteiger partial charge is 0.245 e. The quantitative estimate of drug-likeness (QED) is 0.748. The first kappa shape index (κ1) is 16.7. The largest absolute Gasteiger partial charge is 0.457 e. The summed E-state index contributed by atoms with van der Waals surface area (Å²) < 4.78 is 7.30. The van der Waals surface area contributed by atoms with E-state index in [1.807, 2.05) is 61.5 Å². The highest BCUT2D eigenvalue weighted by Crippen LogP contribution is 2.23. The Hall–Kier alpha value is -3.15. The van der Waals surface area contributed by atoms with Gasteiger partial charge in [-0.2, -0.15) is 5.10 Å². The Balaban J connectivity index is 1.60. The second-order valence-electron chi connectivity index (χ2n) is 5.77. The lowest BCUT2D eigenvalue weighted by Crippen LogP contribution is -2.33. The molecule has 6 heteroatoms. The first-order valence-electron chi connectivity index (χ1n) is 8.11. The number of nitrogens with zero attached hydrogens (tertiary/aromatic N) is 3. The Labute approximate surface area is 146 Å². The van der Waals surface area contributed by atoms with Gasteiger partial charge in [-0.3, -0.25) is 4.79 Å². The van der Waals surface area contributed by atoms with Crippen molar-refractivity contribution < 1.29 is 9.53 Å². The van der Waals surface area contributed by atoms with Crippen LogP contribution < -0.4 is 10.1 Å². The molecule has 1 heterocycles. The van der Waals surface area contributed by atoms with Crippen molar-refractivity contribution >= 4 is 5.91 Å². The molecule has 1 aromatic heterocycles. The van der Waals surface area contributed by atoms with Gasteiger partial charge in [0.05, 0.1) is 6.04 Å². The Morgan fingerprint density at radius 2 is 1.72 bits per heavy atom. The number of benzene rings is 2. The average molecular weight is 336 g/mol. The van der Waals surface area contributed by atoms with E-state index >= 15 is 0 Å². The number of para-hydroxylation sites is 1. The lowest BCUT2D eigenvalue weighted by molar-refractivity contribution is -0.124. The molecule has 0 unspecified atom stereocenters. The van der Waals surface area contributed by atoms with Crippen molar-refractivity contribution in [3.8, 4) is 11.5 Å². The number of nitrogens with one attached hydrogen (secondary N) is 1. The van der Waals surface area contributed by atoms with Crippen LogP contribution in [0.25, 0.3) is 0 Å². The van der Waals surface area contributed by atoms with Gasteiger partial charge in [0.25, 0.3) is 0 Å². The van der Waals surface area contributed by atoms with Crippen LogP contribution in [0.1, 0.15) is 31.5 Å². The Morgan fingerprint density at radius 1 is 1.04 bits per heavy atom. The highest BCUT2D eigenvalue weighted by atomic mass is 16.5. The van der Waals surface area contributed by atoms with Crippen LogP contribution in [0.4, 0.5) is 0 Å². The molecule has 128 valence electrons. The molecule has 3 aromatic rings. The fourth-order valence-electron chi connectivity index (χ4n) is 2.40. The van der Waals surface area contributed by atoms with Gasteiger partial charge >= 0.3 is 0 Å². The normalized spacial score (nSPS) is 13.0. The molecule has 0 aliphatic carbocycles. The number of amides is 1. The molecule has 1 amide bonds. The zero-order valence-electron chi connectivity index (χ0n) is 14.2. The van der Waals surface area contributed by atoms with Crippen LogP contribution in [-0.4, -0.2) is 20.7 Å². The topological polar surface area (TPSA) is 69.0 Å². The summed E-state index contributed by atoms with van der Waals surface area (Å²) in [6.07, 6.45) is 2.95. The summed E-state index contributed by atoms with van der Waals surface area (Å²) in [4.78, 5) is 16.2. The Bertz CT molecular complexity index is 801. The predicted octanol–water partition coefficient (Wildman–Crippen LogP) is 3.51. The average Bonchev–Trinajstić information content (AvgIpc) is 3.17. The molecule has 3 rings (SSSR count). The van der Waals surface area contributed by atoms with Gasteiger partial charge < -0.3 is 10.1 Å². The van der Waals surface area contributed by atoms with Crippen LogP contribution in [0.2, 0.25) is 0 Å². The molecule has 0 saturated carbocycles. The highest BCUT2D eigenvalue weighted by molar-refractivity contribution is 5.80. The van der Waals surface area contributed by atoms with Crippen LogP contribution >= 0.6 is 0 Å². The maximum atomic E-state index is 12.3. The minimum atomic E-state index is -0.411. The number of rotatable bonds is 6. The van der Waals surface area contributed by atoms with Gasteiger partial charge in [-0.1, -0.05) is 30.3 Å². The summed E-state index contributed by atoms with van der Waals surface area (Å²) in [6.45, 7) is 3.73. The fourth-order valence-corrected chi connectivity index (χ4v) is 2.40. The Kier molecular flexibility index (Phi) is 5.09. The van der Waals surface area contributed by atoms with Crippen molar-refractivity contribution in [1.82, 2.24) is 20.1 Å². The maximum Gasteiger partial charge on any atom is 0.245 e. The highest BCUT2D eigenvalue weighted by Gasteiger charge is 2.18. The lowest BCUT2D eigenvalue weighted by atomic mass is 10.1. The number of hydrogen-bond donors (Lipinski definition) is 1. The zero-order chi connectivity index (χ0) is 17.6. The van der Waals surface area contributed by atoms with Crippen molar-refractivity contribution in [1.29, 1.82) is 0 Å². The van der Waals surface area contributed by atoms with E-state index in [-0.39, 0.29) is 11.9 Å². The van der Waals surface area contributed by atoms with E-state index < -0.39 is 6.04 Å². The standard InChI is InChI=1S/C19H20N4O2/c1-14(22-19(24)15(2)23-13-20-12-21-23)16-8-10-18(11-9-16)25-17-6-4-3-5-7-17/h3-15H,1-2H3,(H,22,24)/t14-,15+/m0/s1. The summed E-state index contributed by atoms with van der Waals surface area (Å²) in [7, 11) is 0. The van der Waals surface area contributed by atoms with E-state index in [0.717, 1.165) is 17.1 Å². The van der Waals surface area contributed by atoms with Crippen molar-refractivity contribution in [2.75, 3.05) is 0 Å². The van der Waals surface area contributed by atoms with Crippen LogP contribution in [0.3, 0.4) is 0 Å². The fraction of sp³-hybridized carbons (Fsp3) is 0.211. The van der Waals surface area contributed by atoms with Gasteiger partial charge in [0, 0.05) is 0 Å². The maximum absolute atomic E-state index is 12.3. The summed E-state index contributed by atoms with van der Waals surface area (Å²) >= 11 is 0. The van der Waals surface area contributed by atoms with Crippen LogP contribution in [0, 0.1) is 0 Å². The first-order chi connectivity index (χ1) is 12.1.